The molecule has 0 radical (unpaired) electrons. The fraction of sp³-hybridized carbons (Fsp3) is 0.462. The maximum absolute atomic E-state index is 12.3. The van der Waals surface area contributed by atoms with Gasteiger partial charge in [-0.3, -0.25) is 4.79 Å². The molecule has 1 aromatic carbocycles. The quantitative estimate of drug-likeness (QED) is 0.814. The standard InChI is InChI=1S/C13H18ClN3O3S/c1-16-4-6-17(7-5-16)13(18)9-21(19,20)10-2-3-12(15)11(14)8-10/h2-3,8H,4-7,9,15H2,1H3. The molecule has 1 amide bonds. The Morgan fingerprint density at radius 2 is 1.90 bits per heavy atom. The van der Waals surface area contributed by atoms with E-state index >= 15 is 0 Å². The number of likely N-dealkylation sites (N-methyl/N-ethyl adjacent to an activating group) is 1. The monoisotopic (exact) mass is 331 g/mol. The van der Waals surface area contributed by atoms with Gasteiger partial charge in [-0.05, 0) is 25.2 Å². The molecule has 0 spiro atoms. The maximum Gasteiger partial charge on any atom is 0.238 e. The van der Waals surface area contributed by atoms with E-state index in [0.29, 0.717) is 18.8 Å². The van der Waals surface area contributed by atoms with Crippen LogP contribution in [0.4, 0.5) is 5.69 Å². The molecule has 0 atom stereocenters. The molecular formula is C13H18ClN3O3S. The second kappa shape index (κ2) is 6.21. The van der Waals surface area contributed by atoms with E-state index in [2.05, 4.69) is 4.90 Å². The molecule has 2 N–H and O–H groups in total. The van der Waals surface area contributed by atoms with Gasteiger partial charge in [-0.15, -0.1) is 0 Å². The first-order chi connectivity index (χ1) is 9.79. The molecule has 21 heavy (non-hydrogen) atoms. The molecular weight excluding hydrogens is 314 g/mol. The van der Waals surface area contributed by atoms with Gasteiger partial charge in [0, 0.05) is 26.2 Å². The molecule has 2 rings (SSSR count). The van der Waals surface area contributed by atoms with Crippen molar-refractivity contribution in [2.24, 2.45) is 0 Å². The highest BCUT2D eigenvalue weighted by Crippen LogP contribution is 2.23. The number of carbonyl (C=O) groups excluding carboxylic acids is 1. The van der Waals surface area contributed by atoms with Crippen LogP contribution in [0.2, 0.25) is 5.02 Å². The summed E-state index contributed by atoms with van der Waals surface area (Å²) in [6, 6.07) is 4.08. The van der Waals surface area contributed by atoms with Gasteiger partial charge in [-0.1, -0.05) is 11.6 Å². The van der Waals surface area contributed by atoms with Gasteiger partial charge in [0.1, 0.15) is 5.75 Å². The Morgan fingerprint density at radius 1 is 1.29 bits per heavy atom. The summed E-state index contributed by atoms with van der Waals surface area (Å²) in [5.74, 6) is -0.923. The van der Waals surface area contributed by atoms with Crippen LogP contribution < -0.4 is 5.73 Å². The molecule has 1 fully saturated rings. The van der Waals surface area contributed by atoms with Crippen molar-refractivity contribution < 1.29 is 13.2 Å². The zero-order valence-corrected chi connectivity index (χ0v) is 13.3. The number of hydrogen-bond acceptors (Lipinski definition) is 5. The Hall–Kier alpha value is -1.31. The van der Waals surface area contributed by atoms with Crippen molar-refractivity contribution in [2.75, 3.05) is 44.7 Å². The molecule has 116 valence electrons. The van der Waals surface area contributed by atoms with E-state index in [1.165, 1.54) is 18.2 Å². The summed E-state index contributed by atoms with van der Waals surface area (Å²) in [4.78, 5) is 15.8. The minimum absolute atomic E-state index is 0.0178. The van der Waals surface area contributed by atoms with Crippen molar-refractivity contribution in [3.8, 4) is 0 Å². The third-order valence-electron chi connectivity index (χ3n) is 3.50. The number of sulfone groups is 1. The summed E-state index contributed by atoms with van der Waals surface area (Å²) in [5, 5.41) is 0.170. The van der Waals surface area contributed by atoms with E-state index < -0.39 is 15.6 Å². The first-order valence-corrected chi connectivity index (χ1v) is 8.57. The molecule has 0 aliphatic carbocycles. The molecule has 1 saturated heterocycles. The zero-order chi connectivity index (χ0) is 15.6. The van der Waals surface area contributed by atoms with Gasteiger partial charge in [-0.2, -0.15) is 0 Å². The number of halogens is 1. The van der Waals surface area contributed by atoms with Crippen LogP contribution in [0.25, 0.3) is 0 Å². The Kier molecular flexibility index (Phi) is 4.75. The summed E-state index contributed by atoms with van der Waals surface area (Å²) in [7, 11) is -1.74. The molecule has 1 aromatic rings. The number of hydrogen-bond donors (Lipinski definition) is 1. The van der Waals surface area contributed by atoms with Crippen molar-refractivity contribution in [3.05, 3.63) is 23.2 Å². The minimum atomic E-state index is -3.71. The summed E-state index contributed by atoms with van der Waals surface area (Å²) < 4.78 is 24.5. The predicted octanol–water partition coefficient (Wildman–Crippen LogP) is 0.470. The smallest absolute Gasteiger partial charge is 0.238 e. The molecule has 0 saturated carbocycles. The van der Waals surface area contributed by atoms with E-state index in [4.69, 9.17) is 17.3 Å². The van der Waals surface area contributed by atoms with Crippen LogP contribution in [0.15, 0.2) is 23.1 Å². The molecule has 1 aliphatic rings. The summed E-state index contributed by atoms with van der Waals surface area (Å²) in [6.07, 6.45) is 0. The molecule has 1 heterocycles. The van der Waals surface area contributed by atoms with Crippen LogP contribution in [-0.2, 0) is 14.6 Å². The number of benzene rings is 1. The topological polar surface area (TPSA) is 83.7 Å². The molecule has 6 nitrogen and oxygen atoms in total. The number of nitrogen functional groups attached to an aromatic ring is 1. The van der Waals surface area contributed by atoms with E-state index in [9.17, 15) is 13.2 Å². The van der Waals surface area contributed by atoms with Crippen LogP contribution in [0.1, 0.15) is 0 Å². The zero-order valence-electron chi connectivity index (χ0n) is 11.8. The number of rotatable bonds is 3. The molecule has 0 bridgehead atoms. The van der Waals surface area contributed by atoms with Crippen molar-refractivity contribution in [3.63, 3.8) is 0 Å². The number of amides is 1. The predicted molar refractivity (Wildman–Crippen MR) is 82.0 cm³/mol. The summed E-state index contributed by atoms with van der Waals surface area (Å²) in [5.41, 5.74) is 5.86. The van der Waals surface area contributed by atoms with Crippen LogP contribution in [0.5, 0.6) is 0 Å². The van der Waals surface area contributed by atoms with Gasteiger partial charge in [0.15, 0.2) is 9.84 Å². The number of piperazine rings is 1. The first kappa shape index (κ1) is 16.1. The fourth-order valence-corrected chi connectivity index (χ4v) is 3.59. The lowest BCUT2D eigenvalue weighted by Crippen LogP contribution is -2.48. The SMILES string of the molecule is CN1CCN(C(=O)CS(=O)(=O)c2ccc(N)c(Cl)c2)CC1. The number of anilines is 1. The average molecular weight is 332 g/mol. The van der Waals surface area contributed by atoms with Gasteiger partial charge >= 0.3 is 0 Å². The minimum Gasteiger partial charge on any atom is -0.398 e. The number of nitrogens with zero attached hydrogens (tertiary/aromatic N) is 2. The number of nitrogens with two attached hydrogens (primary N) is 1. The van der Waals surface area contributed by atoms with Crippen LogP contribution in [0.3, 0.4) is 0 Å². The third-order valence-corrected chi connectivity index (χ3v) is 5.43. The Morgan fingerprint density at radius 3 is 2.48 bits per heavy atom. The lowest BCUT2D eigenvalue weighted by Gasteiger charge is -2.32. The number of carbonyl (C=O) groups is 1. The van der Waals surface area contributed by atoms with E-state index in [1.54, 1.807) is 4.90 Å². The highest BCUT2D eigenvalue weighted by atomic mass is 35.5. The van der Waals surface area contributed by atoms with Crippen molar-refractivity contribution in [1.82, 2.24) is 9.80 Å². The molecule has 1 aliphatic heterocycles. The highest BCUT2D eigenvalue weighted by Gasteiger charge is 2.25. The average Bonchev–Trinajstić information content (AvgIpc) is 2.42. The van der Waals surface area contributed by atoms with Crippen LogP contribution >= 0.6 is 11.6 Å². The summed E-state index contributed by atoms with van der Waals surface area (Å²) >= 11 is 5.83. The van der Waals surface area contributed by atoms with Crippen molar-refractivity contribution in [1.29, 1.82) is 0 Å². The van der Waals surface area contributed by atoms with Crippen LogP contribution in [0, 0.1) is 0 Å². The fourth-order valence-electron chi connectivity index (χ4n) is 2.09. The van der Waals surface area contributed by atoms with Gasteiger partial charge in [0.2, 0.25) is 5.91 Å². The van der Waals surface area contributed by atoms with Crippen molar-refractivity contribution in [2.45, 2.75) is 4.90 Å². The Bertz CT molecular complexity index is 640. The molecule has 8 heteroatoms. The summed E-state index contributed by atoms with van der Waals surface area (Å²) in [6.45, 7) is 2.60. The van der Waals surface area contributed by atoms with Gasteiger partial charge in [-0.25, -0.2) is 8.42 Å². The third kappa shape index (κ3) is 3.87. The lowest BCUT2D eigenvalue weighted by atomic mass is 10.3. The van der Waals surface area contributed by atoms with E-state index in [-0.39, 0.29) is 15.8 Å². The largest absolute Gasteiger partial charge is 0.398 e. The first-order valence-electron chi connectivity index (χ1n) is 6.54. The second-order valence-corrected chi connectivity index (χ2v) is 7.52. The Labute approximate surface area is 129 Å². The molecule has 0 aromatic heterocycles. The van der Waals surface area contributed by atoms with Gasteiger partial charge < -0.3 is 15.5 Å². The highest BCUT2D eigenvalue weighted by molar-refractivity contribution is 7.92. The van der Waals surface area contributed by atoms with Gasteiger partial charge in [0.05, 0.1) is 15.6 Å². The van der Waals surface area contributed by atoms with Crippen molar-refractivity contribution >= 4 is 33.0 Å². The molecule has 0 unspecified atom stereocenters. The normalized spacial score (nSPS) is 17.0. The van der Waals surface area contributed by atoms with E-state index in [0.717, 1.165) is 13.1 Å². The Balaban J connectivity index is 2.10. The maximum atomic E-state index is 12.3. The van der Waals surface area contributed by atoms with Crippen LogP contribution in [-0.4, -0.2) is 63.1 Å². The van der Waals surface area contributed by atoms with Gasteiger partial charge in [0.25, 0.3) is 0 Å². The lowest BCUT2D eigenvalue weighted by molar-refractivity contribution is -0.129. The van der Waals surface area contributed by atoms with E-state index in [1.807, 2.05) is 7.05 Å². The second-order valence-electron chi connectivity index (χ2n) is 5.13.